The molecule has 0 saturated carbocycles. The second-order valence-electron chi connectivity index (χ2n) is 11.8. The Morgan fingerprint density at radius 3 is 2.62 bits per heavy atom. The molecule has 0 bridgehead atoms. The molecule has 0 aliphatic carbocycles. The number of halogens is 6. The molecule has 0 unspecified atom stereocenters. The number of hydrogen-bond donors (Lipinski definition) is 1. The standard InChI is InChI=1S/C32H29F6N7O2S/c1-5-25(46)45-12-22(35)24(13-45)44(4)30-19-9-20(32(36,37)38)18(17-6-7-21(34)28-26(17)27(40-2)29(39)48-28)10-23(19)41-31(42-30)47-14-16-8-15(33)11-43(16)3/h5-7,9-10,15-16,22,24H,1,8,11-14,39H2,3-4H3/t15-,16+,22-,24+/m1/s1. The normalized spacial score (nSPS) is 21.6. The number of aromatic nitrogens is 2. The molecule has 9 nitrogen and oxygen atoms in total. The fraction of sp³-hybridized carbons (Fsp3) is 0.375. The lowest BCUT2D eigenvalue weighted by Crippen LogP contribution is -2.40. The van der Waals surface area contributed by atoms with E-state index in [2.05, 4.69) is 21.4 Å². The van der Waals surface area contributed by atoms with Gasteiger partial charge in [-0.25, -0.2) is 18.0 Å². The zero-order chi connectivity index (χ0) is 34.7. The van der Waals surface area contributed by atoms with Crippen LogP contribution in [0, 0.1) is 12.4 Å². The van der Waals surface area contributed by atoms with Crippen molar-refractivity contribution in [2.75, 3.05) is 51.0 Å². The largest absolute Gasteiger partial charge is 0.462 e. The van der Waals surface area contributed by atoms with Crippen molar-refractivity contribution in [3.63, 3.8) is 0 Å². The Morgan fingerprint density at radius 2 is 1.98 bits per heavy atom. The number of fused-ring (bicyclic) bond motifs is 2. The third kappa shape index (κ3) is 5.85. The summed E-state index contributed by atoms with van der Waals surface area (Å²) in [5.74, 6) is -1.34. The number of thiophene rings is 1. The molecule has 2 saturated heterocycles. The number of rotatable bonds is 7. The van der Waals surface area contributed by atoms with Crippen LogP contribution in [0.4, 0.5) is 42.8 Å². The molecule has 1 amide bonds. The number of likely N-dealkylation sites (N-methyl/N-ethyl adjacent to an activating group) is 2. The van der Waals surface area contributed by atoms with E-state index < -0.39 is 47.4 Å². The van der Waals surface area contributed by atoms with Crippen LogP contribution in [-0.2, 0) is 11.0 Å². The predicted molar refractivity (Wildman–Crippen MR) is 171 cm³/mol. The van der Waals surface area contributed by atoms with E-state index in [1.54, 1.807) is 11.9 Å². The average Bonchev–Trinajstić information content (AvgIpc) is 3.70. The van der Waals surface area contributed by atoms with Crippen molar-refractivity contribution in [3.05, 3.63) is 59.7 Å². The van der Waals surface area contributed by atoms with Gasteiger partial charge in [0.2, 0.25) is 11.6 Å². The number of ether oxygens (including phenoxy) is 1. The lowest BCUT2D eigenvalue weighted by atomic mass is 9.94. The molecule has 4 heterocycles. The molecule has 0 spiro atoms. The topological polar surface area (TPSA) is 92.2 Å². The highest BCUT2D eigenvalue weighted by Gasteiger charge is 2.40. The highest BCUT2D eigenvalue weighted by Crippen LogP contribution is 2.49. The van der Waals surface area contributed by atoms with Gasteiger partial charge in [-0.3, -0.25) is 9.69 Å². The van der Waals surface area contributed by atoms with Crippen molar-refractivity contribution in [2.24, 2.45) is 0 Å². The van der Waals surface area contributed by atoms with Gasteiger partial charge in [0.15, 0.2) is 0 Å². The number of anilines is 2. The molecule has 4 aromatic rings. The Bertz CT molecular complexity index is 1980. The fourth-order valence-corrected chi connectivity index (χ4v) is 7.33. The van der Waals surface area contributed by atoms with Gasteiger partial charge < -0.3 is 20.3 Å². The van der Waals surface area contributed by atoms with Crippen LogP contribution in [-0.4, -0.2) is 90.4 Å². The Hall–Kier alpha value is -4.62. The molecular weight excluding hydrogens is 660 g/mol. The summed E-state index contributed by atoms with van der Waals surface area (Å²) in [4.78, 5) is 28.8. The molecule has 0 radical (unpaired) electrons. The van der Waals surface area contributed by atoms with E-state index in [9.17, 15) is 26.7 Å². The van der Waals surface area contributed by atoms with Gasteiger partial charge in [0, 0.05) is 37.0 Å². The van der Waals surface area contributed by atoms with Crippen LogP contribution in [0.1, 0.15) is 12.0 Å². The highest BCUT2D eigenvalue weighted by atomic mass is 32.1. The van der Waals surface area contributed by atoms with E-state index in [1.807, 2.05) is 0 Å². The molecule has 2 aromatic heterocycles. The smallest absolute Gasteiger partial charge is 0.417 e. The summed E-state index contributed by atoms with van der Waals surface area (Å²) >= 11 is 0.757. The van der Waals surface area contributed by atoms with Crippen LogP contribution in [0.15, 0.2) is 36.9 Å². The molecule has 2 aliphatic heterocycles. The minimum absolute atomic E-state index is 0.0227. The molecule has 2 aromatic carbocycles. The number of nitrogens with two attached hydrogens (primary N) is 1. The van der Waals surface area contributed by atoms with Gasteiger partial charge in [-0.05, 0) is 48.9 Å². The number of hydrogen-bond acceptors (Lipinski definition) is 8. The maximum Gasteiger partial charge on any atom is 0.417 e. The molecule has 2 aliphatic rings. The van der Waals surface area contributed by atoms with Crippen molar-refractivity contribution >= 4 is 54.7 Å². The quantitative estimate of drug-likeness (QED) is 0.137. The number of nitrogens with zero attached hydrogens (tertiary/aromatic N) is 6. The zero-order valence-electron chi connectivity index (χ0n) is 25.7. The molecule has 4 atom stereocenters. The van der Waals surface area contributed by atoms with E-state index in [4.69, 9.17) is 17.0 Å². The summed E-state index contributed by atoms with van der Waals surface area (Å²) in [7, 11) is 3.18. The summed E-state index contributed by atoms with van der Waals surface area (Å²) in [6.07, 6.45) is -6.34. The molecule has 6 rings (SSSR count). The monoisotopic (exact) mass is 689 g/mol. The minimum Gasteiger partial charge on any atom is -0.462 e. The van der Waals surface area contributed by atoms with Crippen LogP contribution in [0.5, 0.6) is 6.01 Å². The van der Waals surface area contributed by atoms with E-state index in [0.29, 0.717) is 0 Å². The zero-order valence-corrected chi connectivity index (χ0v) is 26.5. The molecule has 2 N–H and O–H groups in total. The van der Waals surface area contributed by atoms with Crippen LogP contribution in [0.2, 0.25) is 0 Å². The highest BCUT2D eigenvalue weighted by molar-refractivity contribution is 7.23. The van der Waals surface area contributed by atoms with Gasteiger partial charge in [0.1, 0.15) is 30.6 Å². The lowest BCUT2D eigenvalue weighted by Gasteiger charge is -2.28. The van der Waals surface area contributed by atoms with Crippen LogP contribution in [0.25, 0.3) is 37.0 Å². The third-order valence-corrected chi connectivity index (χ3v) is 9.89. The Labute approximate surface area is 275 Å². The summed E-state index contributed by atoms with van der Waals surface area (Å²) in [6.45, 7) is 10.9. The predicted octanol–water partition coefficient (Wildman–Crippen LogP) is 6.39. The number of carbonyl (C=O) groups is 1. The van der Waals surface area contributed by atoms with Crippen LogP contribution < -0.4 is 15.4 Å². The summed E-state index contributed by atoms with van der Waals surface area (Å²) in [5.41, 5.74) is 4.14. The number of benzene rings is 2. The second-order valence-corrected chi connectivity index (χ2v) is 12.9. The average molecular weight is 690 g/mol. The number of carbonyl (C=O) groups excluding carboxylic acids is 1. The minimum atomic E-state index is -4.95. The molecule has 16 heteroatoms. The van der Waals surface area contributed by atoms with Crippen molar-refractivity contribution in [3.8, 4) is 17.1 Å². The first-order valence-corrected chi connectivity index (χ1v) is 15.6. The first kappa shape index (κ1) is 33.3. The van der Waals surface area contributed by atoms with Gasteiger partial charge in [0.05, 0.1) is 39.9 Å². The van der Waals surface area contributed by atoms with E-state index in [1.165, 1.54) is 16.8 Å². The van der Waals surface area contributed by atoms with Crippen LogP contribution >= 0.6 is 11.3 Å². The van der Waals surface area contributed by atoms with E-state index in [0.717, 1.165) is 41.7 Å². The first-order valence-electron chi connectivity index (χ1n) is 14.8. The van der Waals surface area contributed by atoms with Crippen molar-refractivity contribution in [2.45, 2.75) is 37.0 Å². The first-order chi connectivity index (χ1) is 22.7. The maximum atomic E-state index is 15.4. The van der Waals surface area contributed by atoms with Gasteiger partial charge in [-0.2, -0.15) is 23.1 Å². The van der Waals surface area contributed by atoms with Gasteiger partial charge >= 0.3 is 12.2 Å². The summed E-state index contributed by atoms with van der Waals surface area (Å²) in [6, 6.07) is 2.57. The number of amides is 1. The second kappa shape index (κ2) is 12.4. The van der Waals surface area contributed by atoms with Crippen molar-refractivity contribution in [1.82, 2.24) is 19.8 Å². The molecule has 2 fully saturated rings. The third-order valence-electron chi connectivity index (χ3n) is 8.87. The Kier molecular flexibility index (Phi) is 8.63. The van der Waals surface area contributed by atoms with Crippen LogP contribution in [0.3, 0.4) is 0 Å². The fourth-order valence-electron chi connectivity index (χ4n) is 6.39. The van der Waals surface area contributed by atoms with E-state index in [-0.39, 0.29) is 87.8 Å². The van der Waals surface area contributed by atoms with Crippen molar-refractivity contribution < 1.29 is 35.9 Å². The lowest BCUT2D eigenvalue weighted by molar-refractivity contribution is -0.137. The molecular formula is C32H29F6N7O2S. The Balaban J connectivity index is 1.55. The molecule has 252 valence electrons. The summed E-state index contributed by atoms with van der Waals surface area (Å²) in [5, 5.41) is -0.211. The summed E-state index contributed by atoms with van der Waals surface area (Å²) < 4.78 is 94.7. The molecule has 48 heavy (non-hydrogen) atoms. The SMILES string of the molecule is [C-]#[N+]c1c(N)sc2c(F)ccc(-c3cc4nc(OC[C@@H]5C[C@@H](F)CN5C)nc(N(C)[C@H]5CN(C(=O)C=C)C[C@H]5F)c4cc3C(F)(F)F)c12. The van der Waals surface area contributed by atoms with Gasteiger partial charge in [0.25, 0.3) is 0 Å². The van der Waals surface area contributed by atoms with E-state index >= 15 is 4.39 Å². The van der Waals surface area contributed by atoms with Gasteiger partial charge in [-0.15, -0.1) is 11.3 Å². The Morgan fingerprint density at radius 1 is 1.23 bits per heavy atom. The number of likely N-dealkylation sites (tertiary alicyclic amines) is 2. The van der Waals surface area contributed by atoms with Crippen molar-refractivity contribution in [1.29, 1.82) is 0 Å². The number of alkyl halides is 5. The van der Waals surface area contributed by atoms with Gasteiger partial charge in [-0.1, -0.05) is 12.6 Å². The maximum absolute atomic E-state index is 15.4. The number of nitrogen functional groups attached to an aromatic ring is 1.